The number of carbonyl (C=O) groups excluding carboxylic acids is 3. The number of carbonyl (C=O) groups is 3. The molecule has 1 aromatic carbocycles. The molecule has 1 fully saturated rings. The molecule has 0 bridgehead atoms. The molecular formula is C25H39N3O4. The third kappa shape index (κ3) is 6.97. The molecule has 0 saturated heterocycles. The second-order valence-corrected chi connectivity index (χ2v) is 10.7. The summed E-state index contributed by atoms with van der Waals surface area (Å²) >= 11 is 0. The number of aryl methyl sites for hydroxylation is 1. The maximum atomic E-state index is 13.7. The van der Waals surface area contributed by atoms with E-state index in [0.29, 0.717) is 0 Å². The Hall–Kier alpha value is -2.57. The summed E-state index contributed by atoms with van der Waals surface area (Å²) in [6, 6.07) is 5.97. The van der Waals surface area contributed by atoms with Crippen molar-refractivity contribution >= 4 is 17.9 Å². The number of amides is 3. The fraction of sp³-hybridized carbons (Fsp3) is 0.640. The Morgan fingerprint density at radius 1 is 1.06 bits per heavy atom. The normalized spacial score (nSPS) is 16.4. The SMILES string of the molecule is Cc1ccccc1C(C(=O)NC(C)(C)C)N(C(=O)C(C)NC(=O)OC(C)(C)C)C1CCC1. The summed E-state index contributed by atoms with van der Waals surface area (Å²) in [6.45, 7) is 14.6. The van der Waals surface area contributed by atoms with Crippen LogP contribution in [0.25, 0.3) is 0 Å². The highest BCUT2D eigenvalue weighted by molar-refractivity contribution is 5.92. The summed E-state index contributed by atoms with van der Waals surface area (Å²) in [6.07, 6.45) is 2.01. The van der Waals surface area contributed by atoms with Gasteiger partial charge >= 0.3 is 6.09 Å². The van der Waals surface area contributed by atoms with Crippen molar-refractivity contribution in [1.29, 1.82) is 0 Å². The molecule has 1 saturated carbocycles. The van der Waals surface area contributed by atoms with Crippen LogP contribution in [0.4, 0.5) is 4.79 Å². The molecule has 2 N–H and O–H groups in total. The Morgan fingerprint density at radius 3 is 2.12 bits per heavy atom. The largest absolute Gasteiger partial charge is 0.444 e. The molecule has 0 heterocycles. The van der Waals surface area contributed by atoms with E-state index in [2.05, 4.69) is 10.6 Å². The Morgan fingerprint density at radius 2 is 1.66 bits per heavy atom. The van der Waals surface area contributed by atoms with Crippen LogP contribution in [0.2, 0.25) is 0 Å². The van der Waals surface area contributed by atoms with Gasteiger partial charge in [0.1, 0.15) is 17.7 Å². The van der Waals surface area contributed by atoms with Crippen molar-refractivity contribution in [3.8, 4) is 0 Å². The van der Waals surface area contributed by atoms with Crippen LogP contribution in [0.15, 0.2) is 24.3 Å². The zero-order valence-corrected chi connectivity index (χ0v) is 20.7. The minimum atomic E-state index is -0.834. The van der Waals surface area contributed by atoms with Gasteiger partial charge in [-0.05, 0) is 85.8 Å². The van der Waals surface area contributed by atoms with E-state index < -0.39 is 29.3 Å². The molecule has 1 aliphatic rings. The average molecular weight is 446 g/mol. The molecule has 0 spiro atoms. The molecule has 0 aliphatic heterocycles. The van der Waals surface area contributed by atoms with Gasteiger partial charge in [0.05, 0.1) is 0 Å². The van der Waals surface area contributed by atoms with Crippen molar-refractivity contribution < 1.29 is 19.1 Å². The molecular weight excluding hydrogens is 406 g/mol. The Labute approximate surface area is 192 Å². The van der Waals surface area contributed by atoms with Crippen molar-refractivity contribution in [3.05, 3.63) is 35.4 Å². The van der Waals surface area contributed by atoms with Crippen molar-refractivity contribution in [2.45, 2.75) is 104 Å². The van der Waals surface area contributed by atoms with E-state index in [-0.39, 0.29) is 17.9 Å². The molecule has 3 amide bonds. The van der Waals surface area contributed by atoms with Crippen LogP contribution in [-0.2, 0) is 14.3 Å². The van der Waals surface area contributed by atoms with Gasteiger partial charge in [-0.25, -0.2) is 4.79 Å². The number of hydrogen-bond donors (Lipinski definition) is 2. The van der Waals surface area contributed by atoms with Gasteiger partial charge in [0.2, 0.25) is 11.8 Å². The van der Waals surface area contributed by atoms with Crippen LogP contribution in [0, 0.1) is 6.92 Å². The lowest BCUT2D eigenvalue weighted by Crippen LogP contribution is -2.58. The van der Waals surface area contributed by atoms with Crippen LogP contribution < -0.4 is 10.6 Å². The molecule has 2 unspecified atom stereocenters. The van der Waals surface area contributed by atoms with E-state index in [1.54, 1.807) is 32.6 Å². The number of nitrogens with zero attached hydrogens (tertiary/aromatic N) is 1. The summed E-state index contributed by atoms with van der Waals surface area (Å²) in [5, 5.41) is 5.69. The quantitative estimate of drug-likeness (QED) is 0.685. The lowest BCUT2D eigenvalue weighted by atomic mass is 9.87. The summed E-state index contributed by atoms with van der Waals surface area (Å²) in [7, 11) is 0. The molecule has 0 aromatic heterocycles. The predicted octanol–water partition coefficient (Wildman–Crippen LogP) is 4.25. The van der Waals surface area contributed by atoms with E-state index in [4.69, 9.17) is 4.74 Å². The van der Waals surface area contributed by atoms with Gasteiger partial charge in [-0.3, -0.25) is 9.59 Å². The molecule has 1 aliphatic carbocycles. The number of ether oxygens (including phenoxy) is 1. The number of hydrogen-bond acceptors (Lipinski definition) is 4. The molecule has 32 heavy (non-hydrogen) atoms. The zero-order valence-electron chi connectivity index (χ0n) is 20.7. The summed E-state index contributed by atoms with van der Waals surface area (Å²) in [5.74, 6) is -0.519. The van der Waals surface area contributed by atoms with Crippen LogP contribution in [-0.4, -0.2) is 46.0 Å². The van der Waals surface area contributed by atoms with Crippen molar-refractivity contribution in [2.75, 3.05) is 0 Å². The minimum Gasteiger partial charge on any atom is -0.444 e. The molecule has 7 nitrogen and oxygen atoms in total. The second kappa shape index (κ2) is 9.92. The van der Waals surface area contributed by atoms with Crippen LogP contribution in [0.5, 0.6) is 0 Å². The summed E-state index contributed by atoms with van der Waals surface area (Å²) in [4.78, 5) is 41.1. The number of nitrogens with one attached hydrogen (secondary N) is 2. The first-order chi connectivity index (χ1) is 14.7. The molecule has 178 valence electrons. The summed E-state index contributed by atoms with van der Waals surface area (Å²) < 4.78 is 5.32. The number of benzene rings is 1. The molecule has 2 atom stereocenters. The fourth-order valence-corrected chi connectivity index (χ4v) is 3.70. The lowest BCUT2D eigenvalue weighted by Gasteiger charge is -2.44. The smallest absolute Gasteiger partial charge is 0.408 e. The first-order valence-electron chi connectivity index (χ1n) is 11.4. The Bertz CT molecular complexity index is 834. The van der Waals surface area contributed by atoms with Crippen molar-refractivity contribution in [2.24, 2.45) is 0 Å². The maximum Gasteiger partial charge on any atom is 0.408 e. The van der Waals surface area contributed by atoms with Crippen LogP contribution in [0.3, 0.4) is 0 Å². The minimum absolute atomic E-state index is 0.0549. The predicted molar refractivity (Wildman–Crippen MR) is 125 cm³/mol. The molecule has 7 heteroatoms. The summed E-state index contributed by atoms with van der Waals surface area (Å²) in [5.41, 5.74) is 0.606. The van der Waals surface area contributed by atoms with Gasteiger partial charge in [0.25, 0.3) is 0 Å². The number of rotatable bonds is 6. The van der Waals surface area contributed by atoms with E-state index in [1.165, 1.54) is 0 Å². The Kier molecular flexibility index (Phi) is 7.97. The van der Waals surface area contributed by atoms with Gasteiger partial charge in [-0.2, -0.15) is 0 Å². The second-order valence-electron chi connectivity index (χ2n) is 10.7. The van der Waals surface area contributed by atoms with Crippen LogP contribution >= 0.6 is 0 Å². The molecule has 2 rings (SSSR count). The van der Waals surface area contributed by atoms with Gasteiger partial charge in [-0.1, -0.05) is 24.3 Å². The highest BCUT2D eigenvalue weighted by atomic mass is 16.6. The average Bonchev–Trinajstić information content (AvgIpc) is 2.57. The van der Waals surface area contributed by atoms with Gasteiger partial charge in [-0.15, -0.1) is 0 Å². The Balaban J connectivity index is 2.40. The molecule has 0 radical (unpaired) electrons. The van der Waals surface area contributed by atoms with Crippen molar-refractivity contribution in [3.63, 3.8) is 0 Å². The van der Waals surface area contributed by atoms with E-state index >= 15 is 0 Å². The standard InChI is InChI=1S/C25H39N3O4/c1-16-12-9-10-15-19(16)20(21(29)27-24(3,4)5)28(18-13-11-14-18)22(30)17(2)26-23(31)32-25(6,7)8/h9-10,12,15,17-18,20H,11,13-14H2,1-8H3,(H,26,31)(H,27,29). The highest BCUT2D eigenvalue weighted by Crippen LogP contribution is 2.35. The van der Waals surface area contributed by atoms with Crippen LogP contribution in [0.1, 0.15) is 84.9 Å². The van der Waals surface area contributed by atoms with Crippen molar-refractivity contribution in [1.82, 2.24) is 15.5 Å². The highest BCUT2D eigenvalue weighted by Gasteiger charge is 2.42. The molecule has 1 aromatic rings. The third-order valence-corrected chi connectivity index (χ3v) is 5.33. The topological polar surface area (TPSA) is 87.7 Å². The third-order valence-electron chi connectivity index (χ3n) is 5.33. The zero-order chi connectivity index (χ0) is 24.3. The van der Waals surface area contributed by atoms with Gasteiger partial charge in [0, 0.05) is 11.6 Å². The maximum absolute atomic E-state index is 13.7. The lowest BCUT2D eigenvalue weighted by molar-refractivity contribution is -0.147. The fourth-order valence-electron chi connectivity index (χ4n) is 3.70. The van der Waals surface area contributed by atoms with Gasteiger partial charge < -0.3 is 20.3 Å². The van der Waals surface area contributed by atoms with E-state index in [1.807, 2.05) is 52.0 Å². The number of alkyl carbamates (subject to hydrolysis) is 1. The van der Waals surface area contributed by atoms with Gasteiger partial charge in [0.15, 0.2) is 0 Å². The van der Waals surface area contributed by atoms with E-state index in [0.717, 1.165) is 30.4 Å². The van der Waals surface area contributed by atoms with E-state index in [9.17, 15) is 14.4 Å². The first-order valence-corrected chi connectivity index (χ1v) is 11.4. The monoisotopic (exact) mass is 445 g/mol. The first kappa shape index (κ1) is 25.7.